The standard InChI is InChI=1S/C13H9O2.Re.Rf/c14-9-12-8-11(6-7-13(12)15)10-4-2-1-3-5-10;;/h1-8,15H;;/q-1;;. The SMILES string of the molecule is O=[C-]c1cc(-c2ccccc2)ccc1O.[Re].[Rf]. The summed E-state index contributed by atoms with van der Waals surface area (Å²) in [6.07, 6.45) is 1.71. The summed E-state index contributed by atoms with van der Waals surface area (Å²) in [6, 6.07) is 14.6. The van der Waals surface area contributed by atoms with Gasteiger partial charge in [0, 0.05) is 26.2 Å². The second kappa shape index (κ2) is 6.22. The van der Waals surface area contributed by atoms with Gasteiger partial charge in [-0.3, -0.25) is 0 Å². The van der Waals surface area contributed by atoms with Crippen molar-refractivity contribution < 1.29 is 30.3 Å². The van der Waals surface area contributed by atoms with E-state index in [0.29, 0.717) is 0 Å². The van der Waals surface area contributed by atoms with E-state index >= 15 is 0 Å². The van der Waals surface area contributed by atoms with E-state index in [-0.39, 0.29) is 31.7 Å². The number of phenolic OH excluding ortho intramolecular Hbond substituents is 1. The van der Waals surface area contributed by atoms with Gasteiger partial charge < -0.3 is 9.90 Å². The smallest absolute Gasteiger partial charge is 0.0662 e. The number of hydrogen-bond acceptors (Lipinski definition) is 2. The molecule has 0 aliphatic rings. The molecule has 2 aromatic rings. The van der Waals surface area contributed by atoms with Gasteiger partial charge in [-0.25, -0.2) is 0 Å². The van der Waals surface area contributed by atoms with Crippen LogP contribution in [-0.4, -0.2) is 11.4 Å². The zero-order chi connectivity index (χ0) is 10.7. The average molecular weight is 650 g/mol. The fourth-order valence-corrected chi connectivity index (χ4v) is 1.43. The molecule has 0 fully saturated rings. The summed E-state index contributed by atoms with van der Waals surface area (Å²) in [5, 5.41) is 9.32. The molecule has 1 radical (unpaired) electrons. The topological polar surface area (TPSA) is 37.3 Å². The fraction of sp³-hybridized carbons (Fsp3) is 0. The molecule has 2 rings (SSSR count). The van der Waals surface area contributed by atoms with Crippen LogP contribution in [-0.2, 0) is 25.2 Å². The molecule has 83 valence electrons. The van der Waals surface area contributed by atoms with Crippen LogP contribution < -0.4 is 0 Å². The summed E-state index contributed by atoms with van der Waals surface area (Å²) in [6.45, 7) is 0. The Bertz CT molecular complexity index is 486. The summed E-state index contributed by atoms with van der Waals surface area (Å²) in [4.78, 5) is 10.5. The van der Waals surface area contributed by atoms with E-state index in [4.69, 9.17) is 0 Å². The second-order valence-electron chi connectivity index (χ2n) is 3.20. The van der Waals surface area contributed by atoms with Gasteiger partial charge in [-0.1, -0.05) is 48.0 Å². The minimum absolute atomic E-state index is 0. The van der Waals surface area contributed by atoms with Crippen molar-refractivity contribution in [3.8, 4) is 16.9 Å². The summed E-state index contributed by atoms with van der Waals surface area (Å²) >= 11 is 0. The third-order valence-electron chi connectivity index (χ3n) is 2.21. The predicted molar refractivity (Wildman–Crippen MR) is 58.3 cm³/mol. The zero-order valence-electron chi connectivity index (χ0n) is 9.06. The summed E-state index contributed by atoms with van der Waals surface area (Å²) in [5.74, 6) is -0.0373. The Labute approximate surface area is 108 Å². The Balaban J connectivity index is 0.00000128. The van der Waals surface area contributed by atoms with E-state index in [9.17, 15) is 9.90 Å². The van der Waals surface area contributed by atoms with Gasteiger partial charge in [0.25, 0.3) is 0 Å². The van der Waals surface area contributed by atoms with Crippen molar-refractivity contribution in [1.82, 2.24) is 0 Å². The van der Waals surface area contributed by atoms with Gasteiger partial charge >= 0.3 is 0 Å². The Morgan fingerprint density at radius 1 is 0.941 bits per heavy atom. The third-order valence-corrected chi connectivity index (χ3v) is 2.21. The molecular formula is C13H9O2ReRf-. The average Bonchev–Trinajstić information content (AvgIpc) is 2.31. The number of rotatable bonds is 2. The number of aromatic hydroxyl groups is 1. The number of hydrogen-bond donors (Lipinski definition) is 1. The molecule has 0 aromatic heterocycles. The minimum atomic E-state index is -0.0373. The van der Waals surface area contributed by atoms with E-state index < -0.39 is 0 Å². The van der Waals surface area contributed by atoms with Crippen LogP contribution in [0.5, 0.6) is 5.75 Å². The van der Waals surface area contributed by atoms with Gasteiger partial charge in [0.2, 0.25) is 0 Å². The van der Waals surface area contributed by atoms with Crippen molar-refractivity contribution in [3.63, 3.8) is 0 Å². The minimum Gasteiger partial charge on any atom is -0.565 e. The molecule has 17 heavy (non-hydrogen) atoms. The van der Waals surface area contributed by atoms with Crippen LogP contribution in [0.15, 0.2) is 48.5 Å². The van der Waals surface area contributed by atoms with Crippen LogP contribution in [0.1, 0.15) is 5.56 Å². The first-order valence-electron chi connectivity index (χ1n) is 4.58. The normalized spacial score (nSPS) is 8.71. The van der Waals surface area contributed by atoms with Crippen LogP contribution in [0, 0.1) is 0 Å². The fourth-order valence-electron chi connectivity index (χ4n) is 1.43. The molecule has 0 bridgehead atoms. The monoisotopic (exact) mass is 651 g/mol. The predicted octanol–water partition coefficient (Wildman–Crippen LogP) is 2.51. The Kier molecular flexibility index (Phi) is 5.33. The molecule has 0 unspecified atom stereocenters. The maximum Gasteiger partial charge on any atom is 0.0662 e. The van der Waals surface area contributed by atoms with Crippen LogP contribution in [0.3, 0.4) is 0 Å². The first-order valence-corrected chi connectivity index (χ1v) is 4.58. The van der Waals surface area contributed by atoms with Crippen molar-refractivity contribution in [2.24, 2.45) is 0 Å². The molecule has 0 atom stereocenters. The maximum absolute atomic E-state index is 10.5. The van der Waals surface area contributed by atoms with Crippen molar-refractivity contribution in [2.75, 3.05) is 0 Å². The van der Waals surface area contributed by atoms with E-state index in [0.717, 1.165) is 11.1 Å². The van der Waals surface area contributed by atoms with Crippen molar-refractivity contribution in [3.05, 3.63) is 54.1 Å². The second-order valence-corrected chi connectivity index (χ2v) is 3.20. The third kappa shape index (κ3) is 3.01. The maximum atomic E-state index is 10.5. The van der Waals surface area contributed by atoms with E-state index in [2.05, 4.69) is 0 Å². The molecule has 0 spiro atoms. The number of carbonyl (C=O) groups excluding carboxylic acids is 1. The zero-order valence-corrected chi connectivity index (χ0v) is 18.2. The molecule has 0 amide bonds. The van der Waals surface area contributed by atoms with Gasteiger partial charge in [0.1, 0.15) is 0 Å². The molecule has 0 saturated carbocycles. The summed E-state index contributed by atoms with van der Waals surface area (Å²) < 4.78 is 0. The molecule has 0 aliphatic carbocycles. The van der Waals surface area contributed by atoms with E-state index in [1.165, 1.54) is 6.07 Å². The molecule has 0 heterocycles. The van der Waals surface area contributed by atoms with Gasteiger partial charge in [-0.2, -0.15) is 0 Å². The number of benzene rings is 2. The quantitative estimate of drug-likeness (QED) is 0.508. The van der Waals surface area contributed by atoms with Gasteiger partial charge in [0.15, 0.2) is 0 Å². The molecule has 2 aromatic carbocycles. The summed E-state index contributed by atoms with van der Waals surface area (Å²) in [5.41, 5.74) is 2.09. The Morgan fingerprint density at radius 3 is 2.18 bits per heavy atom. The van der Waals surface area contributed by atoms with Gasteiger partial charge in [-0.15, -0.1) is 11.6 Å². The van der Waals surface area contributed by atoms with Gasteiger partial charge in [0.05, 0.1) is 6.29 Å². The molecule has 0 aliphatic heterocycles. The number of phenols is 1. The Hall–Kier alpha value is -2.43. The van der Waals surface area contributed by atoms with Crippen LogP contribution in [0.4, 0.5) is 0 Å². The molecule has 2 nitrogen and oxygen atoms in total. The van der Waals surface area contributed by atoms with Gasteiger partial charge in [-0.05, 0) is 5.56 Å². The molecule has 1 N–H and O–H groups in total. The van der Waals surface area contributed by atoms with Crippen molar-refractivity contribution in [1.29, 1.82) is 0 Å². The van der Waals surface area contributed by atoms with Crippen molar-refractivity contribution in [2.45, 2.75) is 0 Å². The first kappa shape index (κ1) is 14.6. The van der Waals surface area contributed by atoms with E-state index in [1.807, 2.05) is 30.3 Å². The largest absolute Gasteiger partial charge is 0.565 e. The molecule has 0 saturated heterocycles. The Morgan fingerprint density at radius 2 is 1.59 bits per heavy atom. The van der Waals surface area contributed by atoms with Crippen LogP contribution in [0.25, 0.3) is 11.1 Å². The van der Waals surface area contributed by atoms with Crippen molar-refractivity contribution >= 4 is 6.29 Å². The van der Waals surface area contributed by atoms with Crippen LogP contribution in [0.2, 0.25) is 0 Å². The molecular weight excluding hydrogens is 641 g/mol. The van der Waals surface area contributed by atoms with E-state index in [1.54, 1.807) is 18.4 Å². The summed E-state index contributed by atoms with van der Waals surface area (Å²) in [7, 11) is 0. The first-order chi connectivity index (χ1) is 7.31. The van der Waals surface area contributed by atoms with Crippen LogP contribution >= 0.6 is 0 Å². The molecule has 4 heteroatoms.